The number of alkyl carbamates (subject to hydrolysis) is 1. The summed E-state index contributed by atoms with van der Waals surface area (Å²) in [4.78, 5) is 42.3. The molecule has 11 heteroatoms. The quantitative estimate of drug-likeness (QED) is 0.295. The molecule has 3 heterocycles. The first-order valence-electron chi connectivity index (χ1n) is 15.0. The average molecular weight is 575 g/mol. The molecule has 2 amide bonds. The summed E-state index contributed by atoms with van der Waals surface area (Å²) in [5.74, 6) is 0.0963. The summed E-state index contributed by atoms with van der Waals surface area (Å²) in [6, 6.07) is 3.25. The summed E-state index contributed by atoms with van der Waals surface area (Å²) in [6.07, 6.45) is 6.55. The second kappa shape index (κ2) is 13.8. The number of aromatic nitrogens is 1. The van der Waals surface area contributed by atoms with Gasteiger partial charge in [-0.05, 0) is 89.7 Å². The van der Waals surface area contributed by atoms with Crippen LogP contribution in [0, 0.1) is 11.3 Å². The zero-order chi connectivity index (χ0) is 29.5. The van der Waals surface area contributed by atoms with Gasteiger partial charge in [0.15, 0.2) is 0 Å². The molecule has 1 saturated carbocycles. The molecular weight excluding hydrogens is 528 g/mol. The van der Waals surface area contributed by atoms with Gasteiger partial charge in [-0.15, -0.1) is 0 Å². The Hall–Kier alpha value is -2.92. The number of ether oxygens (including phenoxy) is 3. The Labute approximate surface area is 242 Å². The van der Waals surface area contributed by atoms with Crippen LogP contribution in [0.5, 0.6) is 0 Å². The van der Waals surface area contributed by atoms with Gasteiger partial charge < -0.3 is 35.3 Å². The van der Waals surface area contributed by atoms with Gasteiger partial charge in [0.05, 0.1) is 11.5 Å². The molecule has 4 N–H and O–H groups in total. The lowest BCUT2D eigenvalue weighted by Crippen LogP contribution is -2.55. The molecule has 0 spiro atoms. The van der Waals surface area contributed by atoms with Gasteiger partial charge in [-0.1, -0.05) is 6.07 Å². The fourth-order valence-electron chi connectivity index (χ4n) is 5.63. The van der Waals surface area contributed by atoms with E-state index < -0.39 is 35.0 Å². The van der Waals surface area contributed by atoms with Gasteiger partial charge in [0.25, 0.3) is 0 Å². The number of nitrogens with one attached hydrogen (secondary N) is 3. The van der Waals surface area contributed by atoms with Crippen LogP contribution in [0.4, 0.5) is 10.6 Å². The molecule has 1 atom stereocenters. The minimum atomic E-state index is -1.11. The third kappa shape index (κ3) is 9.03. The highest BCUT2D eigenvalue weighted by Crippen LogP contribution is 2.34. The number of hydrogen-bond donors (Lipinski definition) is 4. The number of carboxylic acids is 1. The van der Waals surface area contributed by atoms with Gasteiger partial charge in [0, 0.05) is 45.0 Å². The first kappa shape index (κ1) is 31.0. The number of carbonyl (C=O) groups is 3. The average Bonchev–Trinajstić information content (AvgIpc) is 2.91. The van der Waals surface area contributed by atoms with E-state index in [0.29, 0.717) is 32.0 Å². The molecule has 11 nitrogen and oxygen atoms in total. The van der Waals surface area contributed by atoms with Gasteiger partial charge in [-0.25, -0.2) is 14.6 Å². The minimum absolute atomic E-state index is 0.0426. The number of hydrogen-bond acceptors (Lipinski definition) is 8. The number of anilines is 1. The van der Waals surface area contributed by atoms with Crippen LogP contribution >= 0.6 is 0 Å². The van der Waals surface area contributed by atoms with E-state index in [1.807, 2.05) is 0 Å². The maximum Gasteiger partial charge on any atom is 0.407 e. The SMILES string of the molecule is CC(C)(C)OC(=O)NCC1(C(=O)N[C@@H](CCOC2CC(CCc3ccc4c(n3)NCCC4)C2)C(=O)O)CCOCC1. The van der Waals surface area contributed by atoms with Crippen LogP contribution in [0.3, 0.4) is 0 Å². The number of aryl methyl sites for hydroxylation is 2. The van der Waals surface area contributed by atoms with E-state index in [0.717, 1.165) is 56.6 Å². The lowest BCUT2D eigenvalue weighted by molar-refractivity contribution is -0.146. The van der Waals surface area contributed by atoms with Crippen LogP contribution in [-0.2, 0) is 36.6 Å². The minimum Gasteiger partial charge on any atom is -0.480 e. The van der Waals surface area contributed by atoms with Crippen molar-refractivity contribution in [2.75, 3.05) is 38.2 Å². The molecule has 0 bridgehead atoms. The van der Waals surface area contributed by atoms with Crippen molar-refractivity contribution in [3.05, 3.63) is 23.4 Å². The van der Waals surface area contributed by atoms with Crippen molar-refractivity contribution in [3.63, 3.8) is 0 Å². The molecule has 0 aromatic carbocycles. The standard InChI is InChI=1S/C30H46N4O7/c1-29(2,3)41-28(38)32-19-30(11-15-39-16-12-30)27(37)34-24(26(35)36)10-14-40-23-17-20(18-23)6-8-22-9-7-21-5-4-13-31-25(21)33-22/h7,9,20,23-24H,4-6,8,10-19H2,1-3H3,(H,31,33)(H,32,38)(H,34,37)(H,35,36)/t20?,23?,24-/m0/s1. The van der Waals surface area contributed by atoms with Crippen LogP contribution in [0.15, 0.2) is 12.1 Å². The number of rotatable bonds is 12. The summed E-state index contributed by atoms with van der Waals surface area (Å²) < 4.78 is 16.7. The normalized spacial score (nSPS) is 22.3. The van der Waals surface area contributed by atoms with E-state index in [4.69, 9.17) is 19.2 Å². The lowest BCUT2D eigenvalue weighted by Gasteiger charge is -2.37. The Bertz CT molecular complexity index is 1060. The fraction of sp³-hybridized carbons (Fsp3) is 0.733. The fourth-order valence-corrected chi connectivity index (χ4v) is 5.63. The van der Waals surface area contributed by atoms with Crippen molar-refractivity contribution in [1.82, 2.24) is 15.6 Å². The number of carboxylic acid groups (broad SMARTS) is 1. The van der Waals surface area contributed by atoms with Gasteiger partial charge in [-0.2, -0.15) is 0 Å². The van der Waals surface area contributed by atoms with Crippen LogP contribution in [0.1, 0.15) is 77.0 Å². The van der Waals surface area contributed by atoms with Crippen molar-refractivity contribution in [1.29, 1.82) is 0 Å². The molecule has 2 aliphatic heterocycles. The van der Waals surface area contributed by atoms with Gasteiger partial charge >= 0.3 is 12.1 Å². The molecule has 0 radical (unpaired) electrons. The number of pyridine rings is 1. The number of carbonyl (C=O) groups excluding carboxylic acids is 2. The Morgan fingerprint density at radius 2 is 1.98 bits per heavy atom. The van der Waals surface area contributed by atoms with Crippen molar-refractivity contribution in [2.45, 2.75) is 96.3 Å². The number of amides is 2. The molecule has 1 saturated heterocycles. The maximum absolute atomic E-state index is 13.3. The second-order valence-corrected chi connectivity index (χ2v) is 12.6. The molecular formula is C30H46N4O7. The first-order chi connectivity index (χ1) is 19.5. The van der Waals surface area contributed by atoms with E-state index >= 15 is 0 Å². The van der Waals surface area contributed by atoms with E-state index in [-0.39, 0.29) is 25.7 Å². The first-order valence-corrected chi connectivity index (χ1v) is 15.0. The largest absolute Gasteiger partial charge is 0.480 e. The molecule has 1 aromatic rings. The maximum atomic E-state index is 13.3. The Morgan fingerprint density at radius 3 is 2.68 bits per heavy atom. The van der Waals surface area contributed by atoms with Crippen LogP contribution in [0.2, 0.25) is 0 Å². The molecule has 0 unspecified atom stereocenters. The van der Waals surface area contributed by atoms with Crippen LogP contribution in [0.25, 0.3) is 0 Å². The Kier molecular flexibility index (Phi) is 10.5. The predicted molar refractivity (Wildman–Crippen MR) is 153 cm³/mol. The second-order valence-electron chi connectivity index (χ2n) is 12.6. The van der Waals surface area contributed by atoms with Gasteiger partial charge in [0.1, 0.15) is 17.5 Å². The van der Waals surface area contributed by atoms with E-state index in [1.165, 1.54) is 5.56 Å². The van der Waals surface area contributed by atoms with E-state index in [1.54, 1.807) is 20.8 Å². The van der Waals surface area contributed by atoms with E-state index in [9.17, 15) is 19.5 Å². The summed E-state index contributed by atoms with van der Waals surface area (Å²) in [7, 11) is 0. The Morgan fingerprint density at radius 1 is 1.22 bits per heavy atom. The summed E-state index contributed by atoms with van der Waals surface area (Å²) in [5, 5.41) is 18.6. The molecule has 2 fully saturated rings. The summed E-state index contributed by atoms with van der Waals surface area (Å²) >= 11 is 0. The third-order valence-electron chi connectivity index (χ3n) is 8.22. The molecule has 41 heavy (non-hydrogen) atoms. The molecule has 3 aliphatic rings. The van der Waals surface area contributed by atoms with Gasteiger partial charge in [0.2, 0.25) is 5.91 Å². The number of nitrogens with zero attached hydrogens (tertiary/aromatic N) is 1. The highest BCUT2D eigenvalue weighted by atomic mass is 16.6. The number of aliphatic carboxylic acids is 1. The highest BCUT2D eigenvalue weighted by molar-refractivity contribution is 5.88. The van der Waals surface area contributed by atoms with Crippen molar-refractivity contribution < 1.29 is 33.7 Å². The van der Waals surface area contributed by atoms with Crippen molar-refractivity contribution in [2.24, 2.45) is 11.3 Å². The molecule has 1 aliphatic carbocycles. The topological polar surface area (TPSA) is 148 Å². The van der Waals surface area contributed by atoms with Crippen LogP contribution in [-0.4, -0.2) is 78.7 Å². The molecule has 4 rings (SSSR count). The van der Waals surface area contributed by atoms with E-state index in [2.05, 4.69) is 28.1 Å². The molecule has 228 valence electrons. The van der Waals surface area contributed by atoms with Crippen LogP contribution < -0.4 is 16.0 Å². The third-order valence-corrected chi connectivity index (χ3v) is 8.22. The zero-order valence-electron chi connectivity index (χ0n) is 24.6. The summed E-state index contributed by atoms with van der Waals surface area (Å²) in [5.41, 5.74) is 0.786. The van der Waals surface area contributed by atoms with Crippen molar-refractivity contribution in [3.8, 4) is 0 Å². The Balaban J connectivity index is 1.18. The number of fused-ring (bicyclic) bond motifs is 1. The highest BCUT2D eigenvalue weighted by Gasteiger charge is 2.42. The molecule has 1 aromatic heterocycles. The lowest BCUT2D eigenvalue weighted by atomic mass is 9.78. The van der Waals surface area contributed by atoms with Crippen molar-refractivity contribution >= 4 is 23.8 Å². The summed E-state index contributed by atoms with van der Waals surface area (Å²) in [6.45, 7) is 7.27. The zero-order valence-corrected chi connectivity index (χ0v) is 24.6. The van der Waals surface area contributed by atoms with Gasteiger partial charge in [-0.3, -0.25) is 4.79 Å². The monoisotopic (exact) mass is 574 g/mol. The smallest absolute Gasteiger partial charge is 0.407 e. The predicted octanol–water partition coefficient (Wildman–Crippen LogP) is 3.45.